The molecule has 2 heterocycles. The summed E-state index contributed by atoms with van der Waals surface area (Å²) in [6.45, 7) is 1.98. The smallest absolute Gasteiger partial charge is 0.228 e. The van der Waals surface area contributed by atoms with Crippen molar-refractivity contribution in [2.75, 3.05) is 5.32 Å². The fourth-order valence-electron chi connectivity index (χ4n) is 3.13. The van der Waals surface area contributed by atoms with Crippen LogP contribution < -0.4 is 5.32 Å². The molecule has 0 aliphatic rings. The lowest BCUT2D eigenvalue weighted by atomic mass is 10.1. The average Bonchev–Trinajstić information content (AvgIpc) is 3.10. The van der Waals surface area contributed by atoms with E-state index in [1.54, 1.807) is 12.1 Å². The number of pyridine rings is 1. The topological polar surface area (TPSA) is 46.4 Å². The van der Waals surface area contributed by atoms with Crippen LogP contribution in [-0.4, -0.2) is 15.3 Å². The Kier molecular flexibility index (Phi) is 4.61. The quantitative estimate of drug-likeness (QED) is 0.557. The Balaban J connectivity index is 1.62. The van der Waals surface area contributed by atoms with Crippen molar-refractivity contribution in [1.82, 2.24) is 9.38 Å². The lowest BCUT2D eigenvalue weighted by Crippen LogP contribution is -2.16. The predicted molar refractivity (Wildman–Crippen MR) is 104 cm³/mol. The summed E-state index contributed by atoms with van der Waals surface area (Å²) in [5, 5.41) is 2.81. The maximum Gasteiger partial charge on any atom is 0.228 e. The van der Waals surface area contributed by atoms with Gasteiger partial charge in [-0.15, -0.1) is 0 Å². The van der Waals surface area contributed by atoms with Crippen molar-refractivity contribution in [3.63, 3.8) is 0 Å². The molecule has 0 atom stereocenters. The summed E-state index contributed by atoms with van der Waals surface area (Å²) in [6.07, 6.45) is 3.62. The number of rotatable bonds is 4. The summed E-state index contributed by atoms with van der Waals surface area (Å²) in [4.78, 5) is 17.1. The van der Waals surface area contributed by atoms with Gasteiger partial charge in [0.25, 0.3) is 0 Å². The zero-order chi connectivity index (χ0) is 19.7. The Morgan fingerprint density at radius 3 is 2.71 bits per heavy atom. The number of nitrogens with zero attached hydrogens (tertiary/aromatic N) is 2. The first kappa shape index (κ1) is 17.9. The largest absolute Gasteiger partial charge is 0.325 e. The number of aryl methyl sites for hydroxylation is 1. The second kappa shape index (κ2) is 7.23. The van der Waals surface area contributed by atoms with Crippen molar-refractivity contribution in [2.24, 2.45) is 0 Å². The van der Waals surface area contributed by atoms with Gasteiger partial charge in [-0.05, 0) is 36.2 Å². The Labute approximate surface area is 160 Å². The number of halogens is 2. The minimum Gasteiger partial charge on any atom is -0.325 e. The normalized spacial score (nSPS) is 11.0. The van der Waals surface area contributed by atoms with Crippen molar-refractivity contribution in [3.05, 3.63) is 89.8 Å². The number of amides is 1. The van der Waals surface area contributed by atoms with E-state index in [1.807, 2.05) is 48.0 Å². The molecule has 140 valence electrons. The van der Waals surface area contributed by atoms with E-state index < -0.39 is 17.5 Å². The summed E-state index contributed by atoms with van der Waals surface area (Å²) in [7, 11) is 0. The molecule has 0 fully saturated rings. The molecule has 4 aromatic rings. The van der Waals surface area contributed by atoms with E-state index in [9.17, 15) is 13.6 Å². The molecule has 0 saturated carbocycles. The molecule has 0 unspecified atom stereocenters. The van der Waals surface area contributed by atoms with Crippen LogP contribution in [0, 0.1) is 18.6 Å². The second-order valence-electron chi connectivity index (χ2n) is 6.55. The first-order valence-corrected chi connectivity index (χ1v) is 8.79. The van der Waals surface area contributed by atoms with Crippen molar-refractivity contribution in [2.45, 2.75) is 13.3 Å². The SMILES string of the molecule is Cc1cccn2cc(-c3ccccc3NC(=O)Cc3ccc(F)cc3F)nc12. The number of imidazole rings is 1. The minimum absolute atomic E-state index is 0.139. The molecule has 2 aromatic heterocycles. The van der Waals surface area contributed by atoms with E-state index >= 15 is 0 Å². The molecule has 0 aliphatic heterocycles. The number of carbonyl (C=O) groups is 1. The van der Waals surface area contributed by atoms with Crippen LogP contribution in [0.5, 0.6) is 0 Å². The number of para-hydroxylation sites is 1. The van der Waals surface area contributed by atoms with Gasteiger partial charge < -0.3 is 9.72 Å². The van der Waals surface area contributed by atoms with Crippen LogP contribution in [0.3, 0.4) is 0 Å². The first-order chi connectivity index (χ1) is 13.5. The fourth-order valence-corrected chi connectivity index (χ4v) is 3.13. The molecule has 0 radical (unpaired) electrons. The van der Waals surface area contributed by atoms with E-state index in [1.165, 1.54) is 6.07 Å². The van der Waals surface area contributed by atoms with Gasteiger partial charge in [0.2, 0.25) is 5.91 Å². The van der Waals surface area contributed by atoms with Crippen molar-refractivity contribution in [3.8, 4) is 11.3 Å². The molecular formula is C22H17F2N3O. The molecule has 2 aromatic carbocycles. The highest BCUT2D eigenvalue weighted by Crippen LogP contribution is 2.28. The third-order valence-corrected chi connectivity index (χ3v) is 4.52. The lowest BCUT2D eigenvalue weighted by molar-refractivity contribution is -0.115. The summed E-state index contributed by atoms with van der Waals surface area (Å²) < 4.78 is 28.8. The molecule has 28 heavy (non-hydrogen) atoms. The molecular weight excluding hydrogens is 360 g/mol. The predicted octanol–water partition coefficient (Wildman–Crippen LogP) is 4.77. The standard InChI is InChI=1S/C22H17F2N3O/c1-14-5-4-10-27-13-20(26-22(14)27)17-6-2-3-7-19(17)25-21(28)11-15-8-9-16(23)12-18(15)24/h2-10,12-13H,11H2,1H3,(H,25,28). The van der Waals surface area contributed by atoms with Gasteiger partial charge in [-0.3, -0.25) is 4.79 Å². The van der Waals surface area contributed by atoms with Gasteiger partial charge in [-0.25, -0.2) is 13.8 Å². The molecule has 0 saturated heterocycles. The monoisotopic (exact) mass is 377 g/mol. The van der Waals surface area contributed by atoms with E-state index in [2.05, 4.69) is 10.3 Å². The molecule has 6 heteroatoms. The van der Waals surface area contributed by atoms with Gasteiger partial charge in [0.15, 0.2) is 0 Å². The van der Waals surface area contributed by atoms with E-state index in [0.29, 0.717) is 5.69 Å². The van der Waals surface area contributed by atoms with Gasteiger partial charge in [-0.2, -0.15) is 0 Å². The lowest BCUT2D eigenvalue weighted by Gasteiger charge is -2.10. The molecule has 1 amide bonds. The van der Waals surface area contributed by atoms with Gasteiger partial charge >= 0.3 is 0 Å². The van der Waals surface area contributed by atoms with Gasteiger partial charge in [0.1, 0.15) is 17.3 Å². The van der Waals surface area contributed by atoms with Crippen molar-refractivity contribution < 1.29 is 13.6 Å². The molecule has 0 aliphatic carbocycles. The van der Waals surface area contributed by atoms with Crippen LogP contribution in [0.4, 0.5) is 14.5 Å². The summed E-state index contributed by atoms with van der Waals surface area (Å²) >= 11 is 0. The number of fused-ring (bicyclic) bond motifs is 1. The fraction of sp³-hybridized carbons (Fsp3) is 0.0909. The van der Waals surface area contributed by atoms with E-state index in [0.717, 1.165) is 34.6 Å². The zero-order valence-corrected chi connectivity index (χ0v) is 15.1. The minimum atomic E-state index is -0.737. The van der Waals surface area contributed by atoms with Crippen LogP contribution in [0.1, 0.15) is 11.1 Å². The summed E-state index contributed by atoms with van der Waals surface area (Å²) in [5.41, 5.74) is 4.08. The van der Waals surface area contributed by atoms with E-state index in [4.69, 9.17) is 0 Å². The molecule has 0 bridgehead atoms. The highest BCUT2D eigenvalue weighted by atomic mass is 19.1. The van der Waals surface area contributed by atoms with Crippen molar-refractivity contribution >= 4 is 17.2 Å². The number of aromatic nitrogens is 2. The molecule has 4 nitrogen and oxygen atoms in total. The maximum absolute atomic E-state index is 13.8. The highest BCUT2D eigenvalue weighted by molar-refractivity contribution is 5.96. The van der Waals surface area contributed by atoms with Crippen LogP contribution in [0.25, 0.3) is 16.9 Å². The second-order valence-corrected chi connectivity index (χ2v) is 6.55. The van der Waals surface area contributed by atoms with Gasteiger partial charge in [-0.1, -0.05) is 30.3 Å². The molecule has 4 rings (SSSR count). The Morgan fingerprint density at radius 2 is 1.93 bits per heavy atom. The summed E-state index contributed by atoms with van der Waals surface area (Å²) in [5.74, 6) is -1.80. The number of benzene rings is 2. The molecule has 0 spiro atoms. The Hall–Kier alpha value is -3.54. The number of hydrogen-bond donors (Lipinski definition) is 1. The van der Waals surface area contributed by atoms with Crippen molar-refractivity contribution in [1.29, 1.82) is 0 Å². The van der Waals surface area contributed by atoms with Crippen LogP contribution in [0.15, 0.2) is 67.0 Å². The number of carbonyl (C=O) groups excluding carboxylic acids is 1. The summed E-state index contributed by atoms with van der Waals surface area (Å²) in [6, 6.07) is 14.4. The Morgan fingerprint density at radius 1 is 1.11 bits per heavy atom. The maximum atomic E-state index is 13.8. The van der Waals surface area contributed by atoms with E-state index in [-0.39, 0.29) is 12.0 Å². The third kappa shape index (κ3) is 3.49. The zero-order valence-electron chi connectivity index (χ0n) is 15.1. The van der Waals surface area contributed by atoms with Crippen LogP contribution >= 0.6 is 0 Å². The molecule has 1 N–H and O–H groups in total. The number of hydrogen-bond acceptors (Lipinski definition) is 2. The number of nitrogens with one attached hydrogen (secondary N) is 1. The van der Waals surface area contributed by atoms with Crippen LogP contribution in [0.2, 0.25) is 0 Å². The third-order valence-electron chi connectivity index (χ3n) is 4.52. The first-order valence-electron chi connectivity index (χ1n) is 8.79. The van der Waals surface area contributed by atoms with Gasteiger partial charge in [0.05, 0.1) is 17.8 Å². The van der Waals surface area contributed by atoms with Crippen LogP contribution in [-0.2, 0) is 11.2 Å². The Bertz CT molecular complexity index is 1180. The number of anilines is 1. The van der Waals surface area contributed by atoms with Gasteiger partial charge in [0, 0.05) is 24.0 Å². The highest BCUT2D eigenvalue weighted by Gasteiger charge is 2.14. The average molecular weight is 377 g/mol.